The summed E-state index contributed by atoms with van der Waals surface area (Å²) < 4.78 is 0. The van der Waals surface area contributed by atoms with Crippen molar-refractivity contribution in [3.05, 3.63) is 45.6 Å². The Hall–Kier alpha value is -1.23. The second-order valence-electron chi connectivity index (χ2n) is 9.10. The average Bonchev–Trinajstić information content (AvgIpc) is 3.57. The van der Waals surface area contributed by atoms with Crippen molar-refractivity contribution in [1.82, 2.24) is 0 Å². The topological polar surface area (TPSA) is 17.1 Å². The summed E-state index contributed by atoms with van der Waals surface area (Å²) in [5.74, 6) is 0. The van der Waals surface area contributed by atoms with Gasteiger partial charge in [0, 0.05) is 19.5 Å². The van der Waals surface area contributed by atoms with E-state index in [1.54, 1.807) is 11.3 Å². The second-order valence-corrected chi connectivity index (χ2v) is 12.2. The van der Waals surface area contributed by atoms with Gasteiger partial charge in [-0.15, -0.1) is 34.0 Å². The quantitative estimate of drug-likeness (QED) is 0.133. The third-order valence-corrected chi connectivity index (χ3v) is 9.85. The Morgan fingerprint density at radius 1 is 0.667 bits per heavy atom. The van der Waals surface area contributed by atoms with Gasteiger partial charge in [-0.2, -0.15) is 0 Å². The summed E-state index contributed by atoms with van der Waals surface area (Å²) in [4.78, 5) is 17.8. The molecule has 0 spiro atoms. The van der Waals surface area contributed by atoms with Crippen molar-refractivity contribution in [2.45, 2.75) is 104 Å². The Kier molecular flexibility index (Phi) is 11.9. The Labute approximate surface area is 213 Å². The molecule has 0 unspecified atom stereocenters. The van der Waals surface area contributed by atoms with Gasteiger partial charge >= 0.3 is 0 Å². The maximum absolute atomic E-state index is 11.5. The van der Waals surface area contributed by atoms with Crippen LogP contribution in [-0.4, -0.2) is 6.29 Å². The molecule has 0 atom stereocenters. The second kappa shape index (κ2) is 14.9. The number of hydrogen-bond donors (Lipinski definition) is 0. The Bertz CT molecular complexity index is 946. The molecule has 0 bridgehead atoms. The molecular weight excluding hydrogens is 461 g/mol. The molecule has 0 N–H and O–H groups in total. The number of aryl methyl sites for hydroxylation is 2. The van der Waals surface area contributed by atoms with E-state index in [-0.39, 0.29) is 0 Å². The first kappa shape index (κ1) is 26.4. The van der Waals surface area contributed by atoms with Crippen molar-refractivity contribution in [3.63, 3.8) is 0 Å². The number of carbonyl (C=O) groups excluding carboxylic acids is 1. The third kappa shape index (κ3) is 8.19. The fourth-order valence-corrected chi connectivity index (χ4v) is 7.72. The van der Waals surface area contributed by atoms with Crippen LogP contribution in [0, 0.1) is 0 Å². The first-order valence-corrected chi connectivity index (χ1v) is 15.5. The number of rotatable bonds is 17. The van der Waals surface area contributed by atoms with Gasteiger partial charge in [0.05, 0.1) is 4.88 Å². The lowest BCUT2D eigenvalue weighted by molar-refractivity contribution is 0.112. The fourth-order valence-electron chi connectivity index (χ4n) is 4.42. The highest BCUT2D eigenvalue weighted by molar-refractivity contribution is 7.26. The fraction of sp³-hybridized carbons (Fsp3) is 0.552. The summed E-state index contributed by atoms with van der Waals surface area (Å²) in [6, 6.07) is 9.03. The molecule has 0 aliphatic heterocycles. The molecule has 0 amide bonds. The maximum atomic E-state index is 11.5. The zero-order valence-electron chi connectivity index (χ0n) is 20.5. The normalized spacial score (nSPS) is 11.3. The van der Waals surface area contributed by atoms with Crippen molar-refractivity contribution in [3.8, 4) is 19.5 Å². The van der Waals surface area contributed by atoms with Crippen molar-refractivity contribution >= 4 is 40.3 Å². The molecular formula is C29H40OS3. The van der Waals surface area contributed by atoms with E-state index >= 15 is 0 Å². The van der Waals surface area contributed by atoms with Crippen LogP contribution in [0.2, 0.25) is 0 Å². The Morgan fingerprint density at radius 2 is 1.24 bits per heavy atom. The zero-order chi connectivity index (χ0) is 23.3. The molecule has 1 nitrogen and oxygen atoms in total. The smallest absolute Gasteiger partial charge is 0.160 e. The van der Waals surface area contributed by atoms with E-state index in [0.29, 0.717) is 0 Å². The van der Waals surface area contributed by atoms with Gasteiger partial charge in [0.15, 0.2) is 6.29 Å². The monoisotopic (exact) mass is 500 g/mol. The Balaban J connectivity index is 1.63. The van der Waals surface area contributed by atoms with E-state index in [4.69, 9.17) is 0 Å². The number of thiophene rings is 3. The SMILES string of the molecule is CCCCCCCCc1ccsc1-c1ccc(-c2sc(C=O)cc2CCCCCCCC)s1. The van der Waals surface area contributed by atoms with Gasteiger partial charge in [-0.3, -0.25) is 4.79 Å². The van der Waals surface area contributed by atoms with E-state index in [9.17, 15) is 4.79 Å². The predicted molar refractivity (Wildman–Crippen MR) is 150 cm³/mol. The van der Waals surface area contributed by atoms with Crippen LogP contribution >= 0.6 is 34.0 Å². The van der Waals surface area contributed by atoms with E-state index < -0.39 is 0 Å². The Morgan fingerprint density at radius 3 is 1.88 bits per heavy atom. The number of unbranched alkanes of at least 4 members (excludes halogenated alkanes) is 10. The van der Waals surface area contributed by atoms with Crippen LogP contribution in [-0.2, 0) is 12.8 Å². The minimum absolute atomic E-state index is 0.862. The van der Waals surface area contributed by atoms with Gasteiger partial charge in [-0.25, -0.2) is 0 Å². The van der Waals surface area contributed by atoms with Crippen LogP contribution in [0.1, 0.15) is 112 Å². The van der Waals surface area contributed by atoms with Gasteiger partial charge in [0.2, 0.25) is 0 Å². The van der Waals surface area contributed by atoms with Gasteiger partial charge in [-0.05, 0) is 66.5 Å². The largest absolute Gasteiger partial charge is 0.297 e. The molecule has 0 aliphatic rings. The minimum atomic E-state index is 0.862. The van der Waals surface area contributed by atoms with Crippen LogP contribution in [0.5, 0.6) is 0 Å². The summed E-state index contributed by atoms with van der Waals surface area (Å²) in [6.07, 6.45) is 19.2. The summed E-state index contributed by atoms with van der Waals surface area (Å²) in [7, 11) is 0. The summed E-state index contributed by atoms with van der Waals surface area (Å²) >= 11 is 5.45. The number of aldehydes is 1. The highest BCUT2D eigenvalue weighted by Gasteiger charge is 2.15. The molecule has 180 valence electrons. The van der Waals surface area contributed by atoms with Crippen molar-refractivity contribution in [2.24, 2.45) is 0 Å². The summed E-state index contributed by atoms with van der Waals surface area (Å²) in [5, 5.41) is 2.25. The lowest BCUT2D eigenvalue weighted by Gasteiger charge is -2.04. The van der Waals surface area contributed by atoms with Crippen LogP contribution in [0.15, 0.2) is 29.6 Å². The first-order valence-electron chi connectivity index (χ1n) is 13.0. The van der Waals surface area contributed by atoms with Crippen molar-refractivity contribution < 1.29 is 4.79 Å². The van der Waals surface area contributed by atoms with Gasteiger partial charge < -0.3 is 0 Å². The molecule has 33 heavy (non-hydrogen) atoms. The van der Waals surface area contributed by atoms with Crippen LogP contribution in [0.4, 0.5) is 0 Å². The van der Waals surface area contributed by atoms with Crippen molar-refractivity contribution in [2.75, 3.05) is 0 Å². The molecule has 0 radical (unpaired) electrons. The van der Waals surface area contributed by atoms with Crippen molar-refractivity contribution in [1.29, 1.82) is 0 Å². The zero-order valence-corrected chi connectivity index (χ0v) is 22.9. The van der Waals surface area contributed by atoms with Crippen LogP contribution in [0.25, 0.3) is 19.5 Å². The first-order chi connectivity index (χ1) is 16.3. The number of carbonyl (C=O) groups is 1. The highest BCUT2D eigenvalue weighted by Crippen LogP contribution is 2.43. The molecule has 3 heterocycles. The molecule has 0 saturated carbocycles. The van der Waals surface area contributed by atoms with E-state index in [1.807, 2.05) is 22.7 Å². The third-order valence-electron chi connectivity index (χ3n) is 6.34. The molecule has 0 fully saturated rings. The minimum Gasteiger partial charge on any atom is -0.297 e. The summed E-state index contributed by atoms with van der Waals surface area (Å²) in [5.41, 5.74) is 2.88. The summed E-state index contributed by atoms with van der Waals surface area (Å²) in [6.45, 7) is 4.54. The van der Waals surface area contributed by atoms with E-state index in [0.717, 1.165) is 17.6 Å². The maximum Gasteiger partial charge on any atom is 0.160 e. The highest BCUT2D eigenvalue weighted by atomic mass is 32.1. The van der Waals surface area contributed by atoms with Gasteiger partial charge in [-0.1, -0.05) is 78.1 Å². The average molecular weight is 501 g/mol. The molecule has 3 aromatic heterocycles. The molecule has 0 aliphatic carbocycles. The number of hydrogen-bond acceptors (Lipinski definition) is 4. The predicted octanol–water partition coefficient (Wildman–Crippen LogP) is 10.8. The molecule has 3 rings (SSSR count). The molecule has 0 saturated heterocycles. The standard InChI is InChI=1S/C29H40OS3/c1-3-5-7-9-11-13-15-23-19-20-31-28(23)26-17-18-27(33-26)29-24(21-25(22-30)32-29)16-14-12-10-8-6-4-2/h17-22H,3-16H2,1-2H3. The van der Waals surface area contributed by atoms with Crippen LogP contribution < -0.4 is 0 Å². The lowest BCUT2D eigenvalue weighted by atomic mass is 10.0. The van der Waals surface area contributed by atoms with Gasteiger partial charge in [0.25, 0.3) is 0 Å². The van der Waals surface area contributed by atoms with Crippen LogP contribution in [0.3, 0.4) is 0 Å². The van der Waals surface area contributed by atoms with E-state index in [2.05, 4.69) is 43.5 Å². The molecule has 3 aromatic rings. The molecule has 4 heteroatoms. The van der Waals surface area contributed by atoms with E-state index in [1.165, 1.54) is 114 Å². The lowest BCUT2D eigenvalue weighted by Crippen LogP contribution is -1.86. The molecule has 0 aromatic carbocycles. The van der Waals surface area contributed by atoms with Gasteiger partial charge in [0.1, 0.15) is 0 Å².